The third-order valence-corrected chi connectivity index (χ3v) is 18.6. The fourth-order valence-electron chi connectivity index (χ4n) is 11.6. The van der Waals surface area contributed by atoms with Gasteiger partial charge in [-0.2, -0.15) is 10.5 Å². The monoisotopic (exact) mass is 1400 g/mol. The van der Waals surface area contributed by atoms with Gasteiger partial charge in [-0.15, -0.1) is 24.8 Å². The van der Waals surface area contributed by atoms with Crippen LogP contribution in [0.3, 0.4) is 0 Å². The SMILES string of the molecule is C.CCc1nc2ccc(-c3cnc(N4CCN(C(=O)NC5CN(C)C5)CC4)nc3)cn2c1N(C)c1nc(-c2ccc(F)cc2)c(C#N)s1.CCc1nc2ccc(-c3cnc(N4CCNCC4)nc3)cn2c1N(C)c1nc(-c2ccc(F)cc2)c(C#N)s1.CN1CC(N)C1.Cl.Cl.[2H]CC. The summed E-state index contributed by atoms with van der Waals surface area (Å²) in [5.41, 5.74) is 14.9. The Balaban J connectivity index is 0.000000218. The van der Waals surface area contributed by atoms with Crippen LogP contribution in [0.4, 0.5) is 47.4 Å². The molecule has 0 bridgehead atoms. The molecule has 23 nitrogen and oxygen atoms in total. The second-order valence-electron chi connectivity index (χ2n) is 23.1. The summed E-state index contributed by atoms with van der Waals surface area (Å²) in [7, 11) is 7.96. The summed E-state index contributed by atoms with van der Waals surface area (Å²) >= 11 is 2.58. The number of benzene rings is 2. The van der Waals surface area contributed by atoms with Crippen molar-refractivity contribution in [3.8, 4) is 56.9 Å². The molecule has 29 heteroatoms. The molecule has 10 aromatic rings. The molecule has 0 aliphatic carbocycles. The second kappa shape index (κ2) is 33.3. The number of carbonyl (C=O) groups is 1. The number of aromatic nitrogens is 10. The van der Waals surface area contributed by atoms with Crippen LogP contribution in [0.25, 0.3) is 56.1 Å². The number of rotatable bonds is 13. The predicted molar refractivity (Wildman–Crippen MR) is 388 cm³/mol. The molecule has 97 heavy (non-hydrogen) atoms. The van der Waals surface area contributed by atoms with E-state index in [4.69, 9.17) is 27.0 Å². The molecule has 0 atom stereocenters. The first-order valence-corrected chi connectivity index (χ1v) is 32.9. The number of halogens is 4. The lowest BCUT2D eigenvalue weighted by molar-refractivity contribution is 0.144. The lowest BCUT2D eigenvalue weighted by atomic mass is 10.1. The van der Waals surface area contributed by atoms with Gasteiger partial charge >= 0.3 is 6.03 Å². The van der Waals surface area contributed by atoms with Crippen LogP contribution >= 0.6 is 47.5 Å². The highest BCUT2D eigenvalue weighted by Crippen LogP contribution is 2.40. The van der Waals surface area contributed by atoms with E-state index in [2.05, 4.69) is 83.2 Å². The Morgan fingerprint density at radius 3 is 1.38 bits per heavy atom. The Labute approximate surface area is 586 Å². The molecule has 510 valence electrons. The number of nitrogens with one attached hydrogen (secondary N) is 2. The number of piperazine rings is 2. The van der Waals surface area contributed by atoms with Gasteiger partial charge in [0, 0.05) is 171 Å². The smallest absolute Gasteiger partial charge is 0.317 e. The summed E-state index contributed by atoms with van der Waals surface area (Å²) in [6, 6.07) is 25.2. The zero-order chi connectivity index (χ0) is 66.9. The summed E-state index contributed by atoms with van der Waals surface area (Å²) in [5.74, 6) is 2.43. The standard InChI is InChI=1S/C33H34FN11OS.C28H26FN9S.C4H10N2.C2H6.CH4.2ClH/c1-4-26-30(42(3)33-40-29(27(15-35)47-33)21-5-8-24(34)9-6-21)45-18-22(7-10-28(45)39-26)23-16-36-31(37-17-23)43-11-13-44(14-12-43)32(46)38-25-19-41(2)20-25;1-3-22-26(36(2)28-35-25(23(14-30)39-28)18-4-7-21(29)8-5-18)38-17-19(6-9-24(38)34-22)20-15-32-27(33-16-20)37-12-10-31-11-13-37;1-6-2-4(5)3-6;1-2;;;/h5-10,16-18,25H,4,11-14,19-20H2,1-3H3,(H,38,46);4-9,15-17,31H,3,10-13H2,1-2H3;4H,2-3,5H2,1H3;1-2H3;1H4;2*1H/i;;;1D;;;. The molecule has 4 fully saturated rings. The third-order valence-electron chi connectivity index (χ3n) is 16.6. The van der Waals surface area contributed by atoms with Gasteiger partial charge in [-0.05, 0) is 99.7 Å². The first kappa shape index (κ1) is 72.2. The van der Waals surface area contributed by atoms with Crippen LogP contribution in [0, 0.1) is 34.3 Å². The summed E-state index contributed by atoms with van der Waals surface area (Å²) in [6.45, 7) is 16.6. The van der Waals surface area contributed by atoms with Gasteiger partial charge in [0.05, 0.1) is 17.4 Å². The summed E-state index contributed by atoms with van der Waals surface area (Å²) in [5, 5.41) is 27.4. The Bertz CT molecular complexity index is 4340. The van der Waals surface area contributed by atoms with Gasteiger partial charge in [-0.25, -0.2) is 53.4 Å². The van der Waals surface area contributed by atoms with Crippen LogP contribution in [0.15, 0.2) is 110 Å². The quantitative estimate of drug-likeness (QED) is 0.0970. The molecule has 0 unspecified atom stereocenters. The van der Waals surface area contributed by atoms with Gasteiger partial charge in [0.1, 0.15) is 67.8 Å². The highest BCUT2D eigenvalue weighted by Gasteiger charge is 2.30. The van der Waals surface area contributed by atoms with E-state index in [9.17, 15) is 24.1 Å². The van der Waals surface area contributed by atoms with E-state index in [1.807, 2.05) is 106 Å². The molecule has 2 aromatic carbocycles. The maximum atomic E-state index is 13.6. The average molecular weight is 1400 g/mol. The van der Waals surface area contributed by atoms with Crippen molar-refractivity contribution in [1.29, 1.82) is 10.5 Å². The van der Waals surface area contributed by atoms with Crippen molar-refractivity contribution in [3.63, 3.8) is 0 Å². The van der Waals surface area contributed by atoms with Crippen LogP contribution in [-0.2, 0) is 12.8 Å². The van der Waals surface area contributed by atoms with Crippen molar-refractivity contribution in [2.45, 2.75) is 60.0 Å². The van der Waals surface area contributed by atoms with E-state index in [1.165, 1.54) is 46.9 Å². The Kier molecular flexibility index (Phi) is 24.8. The van der Waals surface area contributed by atoms with Gasteiger partial charge in [0.25, 0.3) is 0 Å². The molecule has 4 aliphatic heterocycles. The molecular weight excluding hydrogens is 1310 g/mol. The topological polar surface area (TPSA) is 249 Å². The number of likely N-dealkylation sites (tertiary alicyclic amines) is 2. The maximum absolute atomic E-state index is 13.6. The number of pyridine rings is 2. The zero-order valence-electron chi connectivity index (χ0n) is 55.5. The molecule has 2 amide bonds. The number of imidazole rings is 2. The lowest BCUT2D eigenvalue weighted by Gasteiger charge is -2.39. The first-order valence-electron chi connectivity index (χ1n) is 31.9. The molecule has 4 saturated heterocycles. The largest absolute Gasteiger partial charge is 0.338 e. The van der Waals surface area contributed by atoms with Gasteiger partial charge in [-0.1, -0.05) is 57.8 Å². The van der Waals surface area contributed by atoms with Crippen LogP contribution in [0.1, 0.15) is 57.6 Å². The number of nitriles is 2. The number of urea groups is 1. The molecule has 12 heterocycles. The van der Waals surface area contributed by atoms with E-state index < -0.39 is 0 Å². The molecule has 0 spiro atoms. The van der Waals surface area contributed by atoms with Crippen LogP contribution in [0.5, 0.6) is 0 Å². The van der Waals surface area contributed by atoms with E-state index in [-0.39, 0.29) is 55.9 Å². The summed E-state index contributed by atoms with van der Waals surface area (Å²) in [4.78, 5) is 65.9. The van der Waals surface area contributed by atoms with Crippen LogP contribution in [0.2, 0.25) is 0 Å². The van der Waals surface area contributed by atoms with Crippen molar-refractivity contribution in [2.24, 2.45) is 5.73 Å². The number of carbonyl (C=O) groups excluding carboxylic acids is 1. The fourth-order valence-corrected chi connectivity index (χ4v) is 13.3. The normalized spacial score (nSPS) is 14.8. The molecule has 4 N–H and O–H groups in total. The Morgan fingerprint density at radius 2 is 1.02 bits per heavy atom. The van der Waals surface area contributed by atoms with E-state index >= 15 is 0 Å². The summed E-state index contributed by atoms with van der Waals surface area (Å²) < 4.78 is 37.3. The lowest BCUT2D eigenvalue weighted by Crippen LogP contribution is -2.61. The third kappa shape index (κ3) is 16.5. The number of amides is 2. The number of nitrogens with two attached hydrogens (primary N) is 1. The van der Waals surface area contributed by atoms with Gasteiger partial charge in [0.2, 0.25) is 11.9 Å². The minimum absolute atomic E-state index is 0. The van der Waals surface area contributed by atoms with Crippen molar-refractivity contribution in [2.75, 3.05) is 126 Å². The highest BCUT2D eigenvalue weighted by atomic mass is 35.5. The number of anilines is 6. The minimum Gasteiger partial charge on any atom is -0.338 e. The van der Waals surface area contributed by atoms with E-state index in [0.29, 0.717) is 94.0 Å². The molecular formula is C68H82Cl2F2N22OS2. The van der Waals surface area contributed by atoms with Gasteiger partial charge < -0.3 is 50.7 Å². The van der Waals surface area contributed by atoms with Crippen molar-refractivity contribution < 1.29 is 14.9 Å². The predicted octanol–water partition coefficient (Wildman–Crippen LogP) is 10.8. The van der Waals surface area contributed by atoms with Gasteiger partial charge in [-0.3, -0.25) is 8.80 Å². The minimum atomic E-state index is -0.342. The number of likely N-dealkylation sites (N-methyl/N-ethyl adjacent to an activating group) is 2. The number of hydrogen-bond donors (Lipinski definition) is 3. The molecule has 14 rings (SSSR count). The van der Waals surface area contributed by atoms with Crippen molar-refractivity contribution in [3.05, 3.63) is 143 Å². The Morgan fingerprint density at radius 1 is 0.629 bits per heavy atom. The average Bonchev–Trinajstić information content (AvgIpc) is 1.61. The highest BCUT2D eigenvalue weighted by molar-refractivity contribution is 7.17. The fraction of sp³-hybridized carbons (Fsp3) is 0.368. The molecule has 0 saturated carbocycles. The van der Waals surface area contributed by atoms with Crippen molar-refractivity contribution >= 4 is 98.6 Å². The number of fused-ring (bicyclic) bond motifs is 2. The first-order chi connectivity index (χ1) is 46.1. The van der Waals surface area contributed by atoms with Crippen molar-refractivity contribution in [1.82, 2.24) is 74.0 Å². The number of hydrogen-bond acceptors (Lipinski definition) is 21. The maximum Gasteiger partial charge on any atom is 0.317 e. The molecule has 8 aromatic heterocycles. The van der Waals surface area contributed by atoms with Crippen LogP contribution < -0.4 is 36.0 Å². The summed E-state index contributed by atoms with van der Waals surface area (Å²) in [6.07, 6.45) is 12.8. The molecule has 0 radical (unpaired) electrons. The van der Waals surface area contributed by atoms with Crippen LogP contribution in [-0.4, -0.2) is 188 Å². The van der Waals surface area contributed by atoms with E-state index in [0.717, 1.165) is 121 Å². The molecule has 4 aliphatic rings. The number of aryl methyl sites for hydroxylation is 2. The number of nitrogens with zero attached hydrogens (tertiary/aromatic N) is 19. The van der Waals surface area contributed by atoms with Gasteiger partial charge in [0.15, 0.2) is 10.3 Å². The second-order valence-corrected chi connectivity index (χ2v) is 25.0. The Hall–Kier alpha value is -9.03. The van der Waals surface area contributed by atoms with E-state index in [1.54, 1.807) is 31.2 Å². The zero-order valence-corrected chi connectivity index (χ0v) is 57.8. The number of thiazole rings is 2.